The molecule has 0 spiro atoms. The Morgan fingerprint density at radius 2 is 2.12 bits per heavy atom. The van der Waals surface area contributed by atoms with Crippen molar-refractivity contribution in [1.82, 2.24) is 0 Å². The molecular weight excluding hydrogens is 318 g/mol. The summed E-state index contributed by atoms with van der Waals surface area (Å²) in [5, 5.41) is 3.18. The molecule has 0 saturated heterocycles. The molecule has 0 aliphatic heterocycles. The molecule has 1 aromatic carbocycles. The molecule has 0 saturated carbocycles. The number of rotatable bonds is 5. The van der Waals surface area contributed by atoms with Crippen LogP contribution in [0.2, 0.25) is 0 Å². The first-order chi connectivity index (χ1) is 12.2. The number of aryl methyl sites for hydroxylation is 1. The molecule has 1 heterocycles. The van der Waals surface area contributed by atoms with Crippen molar-refractivity contribution >= 4 is 17.6 Å². The second-order valence-electron chi connectivity index (χ2n) is 5.96. The number of fused-ring (bicyclic) bond motifs is 1. The van der Waals surface area contributed by atoms with Crippen LogP contribution in [-0.2, 0) is 24.1 Å². The van der Waals surface area contributed by atoms with Gasteiger partial charge in [-0.2, -0.15) is 0 Å². The Balaban J connectivity index is 1.64. The maximum atomic E-state index is 11.6. The van der Waals surface area contributed by atoms with Crippen LogP contribution in [0.3, 0.4) is 0 Å². The number of benzene rings is 1. The number of nitrogens with two attached hydrogens (primary N) is 1. The van der Waals surface area contributed by atoms with Gasteiger partial charge in [0.05, 0.1) is 6.61 Å². The lowest BCUT2D eigenvalue weighted by Crippen LogP contribution is -2.24. The van der Waals surface area contributed by atoms with E-state index >= 15 is 0 Å². The highest BCUT2D eigenvalue weighted by atomic mass is 16.5. The molecule has 0 bridgehead atoms. The number of nitrogens with zero attached hydrogens (tertiary/aromatic N) is 1. The fourth-order valence-electron chi connectivity index (χ4n) is 3.01. The molecule has 3 N–H and O–H groups in total. The number of carbonyl (C=O) groups excluding carboxylic acids is 1. The first-order valence-corrected chi connectivity index (χ1v) is 8.61. The minimum atomic E-state index is -0.472. The maximum Gasteiger partial charge on any atom is 0.374 e. The molecule has 2 aromatic rings. The van der Waals surface area contributed by atoms with E-state index in [1.165, 1.54) is 24.0 Å². The van der Waals surface area contributed by atoms with Gasteiger partial charge in [0.2, 0.25) is 5.76 Å². The van der Waals surface area contributed by atoms with Crippen LogP contribution in [0, 0.1) is 0 Å². The Hall–Kier alpha value is -2.76. The average molecular weight is 341 g/mol. The Bertz CT molecular complexity index is 780. The van der Waals surface area contributed by atoms with Gasteiger partial charge in [-0.15, -0.1) is 0 Å². The summed E-state index contributed by atoms with van der Waals surface area (Å²) >= 11 is 0. The summed E-state index contributed by atoms with van der Waals surface area (Å²) < 4.78 is 10.3. The third-order valence-electron chi connectivity index (χ3n) is 4.20. The third kappa shape index (κ3) is 4.21. The topological polar surface area (TPSA) is 89.8 Å². The summed E-state index contributed by atoms with van der Waals surface area (Å²) in [7, 11) is 0. The number of ether oxygens (including phenoxy) is 1. The molecule has 0 unspecified atom stereocenters. The first-order valence-electron chi connectivity index (χ1n) is 8.61. The highest BCUT2D eigenvalue weighted by Crippen LogP contribution is 2.27. The number of esters is 1. The summed E-state index contributed by atoms with van der Waals surface area (Å²) in [6.45, 7) is 2.32. The molecule has 132 valence electrons. The van der Waals surface area contributed by atoms with Gasteiger partial charge in [-0.3, -0.25) is 0 Å². The highest BCUT2D eigenvalue weighted by molar-refractivity contribution is 5.93. The predicted molar refractivity (Wildman–Crippen MR) is 96.7 cm³/mol. The second-order valence-corrected chi connectivity index (χ2v) is 5.96. The average Bonchev–Trinajstić information content (AvgIpc) is 3.10. The highest BCUT2D eigenvalue weighted by Gasteiger charge is 2.14. The van der Waals surface area contributed by atoms with E-state index in [-0.39, 0.29) is 12.3 Å². The van der Waals surface area contributed by atoms with Crippen LogP contribution in [-0.4, -0.2) is 18.5 Å². The van der Waals surface area contributed by atoms with Crippen LogP contribution in [0.4, 0.5) is 5.69 Å². The van der Waals surface area contributed by atoms with Crippen LogP contribution in [0.5, 0.6) is 0 Å². The maximum absolute atomic E-state index is 11.6. The fourth-order valence-corrected chi connectivity index (χ4v) is 3.01. The Kier molecular flexibility index (Phi) is 5.38. The number of carbonyl (C=O) groups is 1. The number of nitrogens with one attached hydrogen (secondary N) is 1. The van der Waals surface area contributed by atoms with Gasteiger partial charge >= 0.3 is 5.97 Å². The number of hydrogen-bond acceptors (Lipinski definition) is 4. The van der Waals surface area contributed by atoms with Crippen LogP contribution < -0.4 is 11.1 Å². The quantitative estimate of drug-likeness (QED) is 0.495. The van der Waals surface area contributed by atoms with Crippen molar-refractivity contribution in [2.75, 3.05) is 11.9 Å². The van der Waals surface area contributed by atoms with Crippen molar-refractivity contribution in [3.63, 3.8) is 0 Å². The molecule has 0 radical (unpaired) electrons. The van der Waals surface area contributed by atoms with Gasteiger partial charge in [0.1, 0.15) is 12.3 Å². The van der Waals surface area contributed by atoms with E-state index < -0.39 is 5.97 Å². The molecule has 25 heavy (non-hydrogen) atoms. The normalized spacial score (nSPS) is 14.0. The van der Waals surface area contributed by atoms with Crippen molar-refractivity contribution in [1.29, 1.82) is 0 Å². The Morgan fingerprint density at radius 3 is 2.96 bits per heavy atom. The molecule has 3 rings (SSSR count). The largest absolute Gasteiger partial charge is 0.460 e. The van der Waals surface area contributed by atoms with Gasteiger partial charge < -0.3 is 20.2 Å². The van der Waals surface area contributed by atoms with E-state index in [4.69, 9.17) is 14.9 Å². The summed E-state index contributed by atoms with van der Waals surface area (Å²) in [5.74, 6) is 0.589. The van der Waals surface area contributed by atoms with E-state index in [9.17, 15) is 4.79 Å². The predicted octanol–water partition coefficient (Wildman–Crippen LogP) is 3.26. The Morgan fingerprint density at radius 1 is 1.28 bits per heavy atom. The third-order valence-corrected chi connectivity index (χ3v) is 4.20. The van der Waals surface area contributed by atoms with Crippen LogP contribution >= 0.6 is 0 Å². The lowest BCUT2D eigenvalue weighted by molar-refractivity contribution is 0.0488. The molecule has 6 heteroatoms. The van der Waals surface area contributed by atoms with Crippen LogP contribution in [0.1, 0.15) is 47.2 Å². The molecule has 6 nitrogen and oxygen atoms in total. The van der Waals surface area contributed by atoms with E-state index in [0.29, 0.717) is 18.3 Å². The number of guanidine groups is 1. The molecule has 1 aromatic heterocycles. The van der Waals surface area contributed by atoms with Gasteiger partial charge in [-0.05, 0) is 61.9 Å². The smallest absolute Gasteiger partial charge is 0.374 e. The Labute approximate surface area is 147 Å². The fraction of sp³-hybridized carbons (Fsp3) is 0.368. The minimum Gasteiger partial charge on any atom is -0.460 e. The van der Waals surface area contributed by atoms with Gasteiger partial charge in [0.25, 0.3) is 0 Å². The first kappa shape index (κ1) is 17.1. The monoisotopic (exact) mass is 341 g/mol. The molecule has 1 aliphatic carbocycles. The minimum absolute atomic E-state index is 0.177. The molecule has 0 atom stereocenters. The number of hydrogen-bond donors (Lipinski definition) is 2. The van der Waals surface area contributed by atoms with Crippen molar-refractivity contribution in [3.8, 4) is 0 Å². The number of furan rings is 1. The molecule has 1 aliphatic rings. The van der Waals surface area contributed by atoms with E-state index in [1.54, 1.807) is 19.1 Å². The SMILES string of the molecule is CCOC(=O)c1ccc(CN=C(N)Nc2cccc3c2CCCC3)o1. The molecular formula is C19H23N3O3. The zero-order valence-corrected chi connectivity index (χ0v) is 14.4. The molecule has 0 amide bonds. The molecule has 0 fully saturated rings. The van der Waals surface area contributed by atoms with Crippen LogP contribution in [0.15, 0.2) is 39.7 Å². The standard InChI is InChI=1S/C19H23N3O3/c1-2-24-18(23)17-11-10-14(25-17)12-21-19(20)22-16-9-5-7-13-6-3-4-8-15(13)16/h5,7,9-11H,2-4,6,8,12H2,1H3,(H3,20,21,22). The van der Waals surface area contributed by atoms with Crippen molar-refractivity contribution < 1.29 is 13.9 Å². The zero-order valence-electron chi connectivity index (χ0n) is 14.4. The number of aliphatic imine (C=N–C) groups is 1. The van der Waals surface area contributed by atoms with Gasteiger partial charge in [0, 0.05) is 5.69 Å². The zero-order chi connectivity index (χ0) is 17.6. The van der Waals surface area contributed by atoms with Gasteiger partial charge in [-0.25, -0.2) is 9.79 Å². The van der Waals surface area contributed by atoms with Crippen molar-refractivity contribution in [2.45, 2.75) is 39.2 Å². The summed E-state index contributed by atoms with van der Waals surface area (Å²) in [6, 6.07) is 9.52. The van der Waals surface area contributed by atoms with Crippen LogP contribution in [0.25, 0.3) is 0 Å². The lowest BCUT2D eigenvalue weighted by Gasteiger charge is -2.19. The van der Waals surface area contributed by atoms with Gasteiger partial charge in [0.15, 0.2) is 5.96 Å². The van der Waals surface area contributed by atoms with E-state index in [2.05, 4.69) is 16.4 Å². The van der Waals surface area contributed by atoms with E-state index in [0.717, 1.165) is 18.5 Å². The van der Waals surface area contributed by atoms with Gasteiger partial charge in [-0.1, -0.05) is 12.1 Å². The summed E-state index contributed by atoms with van der Waals surface area (Å²) in [6.07, 6.45) is 4.62. The second kappa shape index (κ2) is 7.88. The van der Waals surface area contributed by atoms with E-state index in [1.807, 2.05) is 12.1 Å². The summed E-state index contributed by atoms with van der Waals surface area (Å²) in [5.41, 5.74) is 9.74. The number of anilines is 1. The van der Waals surface area contributed by atoms with Crippen molar-refractivity contribution in [2.24, 2.45) is 10.7 Å². The van der Waals surface area contributed by atoms with Crippen molar-refractivity contribution in [3.05, 3.63) is 53.0 Å². The lowest BCUT2D eigenvalue weighted by atomic mass is 9.90. The summed E-state index contributed by atoms with van der Waals surface area (Å²) in [4.78, 5) is 15.9.